The van der Waals surface area contributed by atoms with Crippen LogP contribution in [0.4, 0.5) is 0 Å². The van der Waals surface area contributed by atoms with Crippen LogP contribution < -0.4 is 5.32 Å². The van der Waals surface area contributed by atoms with Crippen LogP contribution in [0.2, 0.25) is 0 Å². The average Bonchev–Trinajstić information content (AvgIpc) is 2.30. The van der Waals surface area contributed by atoms with E-state index in [1.54, 1.807) is 7.11 Å². The predicted octanol–water partition coefficient (Wildman–Crippen LogP) is 0.981. The molecule has 0 aliphatic carbocycles. The molecule has 0 fully saturated rings. The third-order valence-electron chi connectivity index (χ3n) is 2.46. The molecule has 5 nitrogen and oxygen atoms in total. The highest BCUT2D eigenvalue weighted by Crippen LogP contribution is 2.08. The Morgan fingerprint density at radius 1 is 1.47 bits per heavy atom. The second kappa shape index (κ2) is 9.30. The number of hydrogen-bond acceptors (Lipinski definition) is 4. The van der Waals surface area contributed by atoms with Crippen LogP contribution in [0.15, 0.2) is 0 Å². The fourth-order valence-electron chi connectivity index (χ4n) is 1.21. The van der Waals surface area contributed by atoms with E-state index in [9.17, 15) is 9.59 Å². The second-order valence-electron chi connectivity index (χ2n) is 3.81. The lowest BCUT2D eigenvalue weighted by molar-refractivity contribution is -0.143. The fourth-order valence-corrected chi connectivity index (χ4v) is 1.90. The van der Waals surface area contributed by atoms with Crippen LogP contribution in [0, 0.1) is 5.92 Å². The van der Waals surface area contributed by atoms with Gasteiger partial charge in [-0.05, 0) is 5.92 Å². The molecule has 0 aromatic heterocycles. The van der Waals surface area contributed by atoms with Crippen molar-refractivity contribution in [1.29, 1.82) is 0 Å². The Hall–Kier alpha value is -0.750. The molecule has 0 aliphatic rings. The van der Waals surface area contributed by atoms with E-state index in [2.05, 4.69) is 5.32 Å². The van der Waals surface area contributed by atoms with E-state index in [0.717, 1.165) is 5.75 Å². The minimum atomic E-state index is -0.977. The van der Waals surface area contributed by atoms with E-state index < -0.39 is 12.0 Å². The highest BCUT2D eigenvalue weighted by molar-refractivity contribution is 7.99. The van der Waals surface area contributed by atoms with Crippen molar-refractivity contribution >= 4 is 23.6 Å². The molecule has 0 spiro atoms. The molecular formula is C11H21NO4S. The minimum Gasteiger partial charge on any atom is -0.480 e. The topological polar surface area (TPSA) is 75.6 Å². The number of thioether (sulfide) groups is 1. The molecule has 0 bridgehead atoms. The van der Waals surface area contributed by atoms with Crippen molar-refractivity contribution in [2.45, 2.75) is 26.3 Å². The van der Waals surface area contributed by atoms with Crippen molar-refractivity contribution in [1.82, 2.24) is 5.32 Å². The molecule has 1 amide bonds. The standard InChI is InChI=1S/C11H21NO4S/c1-4-8(2)10(11(14)15)12-9(13)7-17-6-5-16-3/h8,10H,4-7H2,1-3H3,(H,12,13)(H,14,15)/t8-,10-/m1/s1. The number of methoxy groups -OCH3 is 1. The lowest BCUT2D eigenvalue weighted by Crippen LogP contribution is -2.45. The van der Waals surface area contributed by atoms with Crippen LogP contribution in [-0.4, -0.2) is 48.2 Å². The normalized spacial score (nSPS) is 14.1. The van der Waals surface area contributed by atoms with Crippen molar-refractivity contribution in [3.63, 3.8) is 0 Å². The number of ether oxygens (including phenoxy) is 1. The van der Waals surface area contributed by atoms with Gasteiger partial charge in [-0.15, -0.1) is 11.8 Å². The van der Waals surface area contributed by atoms with Crippen molar-refractivity contribution in [2.75, 3.05) is 25.2 Å². The summed E-state index contributed by atoms with van der Waals surface area (Å²) in [7, 11) is 1.60. The van der Waals surface area contributed by atoms with Gasteiger partial charge in [-0.1, -0.05) is 20.3 Å². The second-order valence-corrected chi connectivity index (χ2v) is 4.92. The number of carbonyl (C=O) groups is 2. The number of nitrogens with one attached hydrogen (secondary N) is 1. The molecule has 6 heteroatoms. The zero-order chi connectivity index (χ0) is 13.3. The summed E-state index contributed by atoms with van der Waals surface area (Å²) in [5.74, 6) is -0.289. The minimum absolute atomic E-state index is 0.0691. The molecule has 0 saturated carbocycles. The van der Waals surface area contributed by atoms with Crippen LogP contribution in [0.5, 0.6) is 0 Å². The number of aliphatic carboxylic acids is 1. The molecule has 17 heavy (non-hydrogen) atoms. The molecular weight excluding hydrogens is 242 g/mol. The van der Waals surface area contributed by atoms with E-state index in [1.807, 2.05) is 13.8 Å². The van der Waals surface area contributed by atoms with Gasteiger partial charge in [-0.2, -0.15) is 0 Å². The average molecular weight is 263 g/mol. The molecule has 0 aromatic carbocycles. The van der Waals surface area contributed by atoms with Crippen LogP contribution in [0.25, 0.3) is 0 Å². The van der Waals surface area contributed by atoms with Gasteiger partial charge in [-0.25, -0.2) is 4.79 Å². The third-order valence-corrected chi connectivity index (χ3v) is 3.38. The predicted molar refractivity (Wildman–Crippen MR) is 68.2 cm³/mol. The van der Waals surface area contributed by atoms with Gasteiger partial charge in [0.15, 0.2) is 0 Å². The van der Waals surface area contributed by atoms with Gasteiger partial charge in [-0.3, -0.25) is 4.79 Å². The molecule has 0 rings (SSSR count). The summed E-state index contributed by atoms with van der Waals surface area (Å²) in [6, 6.07) is -0.796. The molecule has 0 aliphatic heterocycles. The largest absolute Gasteiger partial charge is 0.480 e. The number of amides is 1. The smallest absolute Gasteiger partial charge is 0.326 e. The van der Waals surface area contributed by atoms with Crippen molar-refractivity contribution in [3.8, 4) is 0 Å². The molecule has 0 heterocycles. The number of hydrogen-bond donors (Lipinski definition) is 2. The summed E-state index contributed by atoms with van der Waals surface area (Å²) in [6.07, 6.45) is 0.716. The van der Waals surface area contributed by atoms with E-state index in [0.29, 0.717) is 13.0 Å². The molecule has 0 unspecified atom stereocenters. The van der Waals surface area contributed by atoms with Crippen molar-refractivity contribution < 1.29 is 19.4 Å². The Labute approximate surface area is 106 Å². The van der Waals surface area contributed by atoms with Gasteiger partial charge in [0, 0.05) is 12.9 Å². The van der Waals surface area contributed by atoms with Crippen molar-refractivity contribution in [3.05, 3.63) is 0 Å². The first kappa shape index (κ1) is 16.2. The fraction of sp³-hybridized carbons (Fsp3) is 0.818. The maximum Gasteiger partial charge on any atom is 0.326 e. The Morgan fingerprint density at radius 2 is 2.12 bits per heavy atom. The Bertz CT molecular complexity index is 248. The summed E-state index contributed by atoms with van der Waals surface area (Å²) in [4.78, 5) is 22.5. The summed E-state index contributed by atoms with van der Waals surface area (Å²) in [6.45, 7) is 4.31. The summed E-state index contributed by atoms with van der Waals surface area (Å²) < 4.78 is 4.85. The van der Waals surface area contributed by atoms with Crippen LogP contribution in [-0.2, 0) is 14.3 Å². The van der Waals surface area contributed by atoms with Crippen molar-refractivity contribution in [2.24, 2.45) is 5.92 Å². The molecule has 100 valence electrons. The number of carboxylic acids is 1. The lowest BCUT2D eigenvalue weighted by Gasteiger charge is -2.19. The van der Waals surface area contributed by atoms with Gasteiger partial charge < -0.3 is 15.2 Å². The van der Waals surface area contributed by atoms with Gasteiger partial charge in [0.05, 0.1) is 12.4 Å². The summed E-state index contributed by atoms with van der Waals surface area (Å²) in [5.41, 5.74) is 0. The quantitative estimate of drug-likeness (QED) is 0.607. The first-order chi connectivity index (χ1) is 8.02. The number of rotatable bonds is 9. The number of carbonyl (C=O) groups excluding carboxylic acids is 1. The Balaban J connectivity index is 4.00. The van der Waals surface area contributed by atoms with Crippen LogP contribution in [0.1, 0.15) is 20.3 Å². The first-order valence-electron chi connectivity index (χ1n) is 5.61. The van der Waals surface area contributed by atoms with Crippen LogP contribution >= 0.6 is 11.8 Å². The van der Waals surface area contributed by atoms with Crippen LogP contribution in [0.3, 0.4) is 0 Å². The molecule has 2 N–H and O–H groups in total. The van der Waals surface area contributed by atoms with Gasteiger partial charge in [0.25, 0.3) is 0 Å². The monoisotopic (exact) mass is 263 g/mol. The Morgan fingerprint density at radius 3 is 2.59 bits per heavy atom. The summed E-state index contributed by atoms with van der Waals surface area (Å²) >= 11 is 1.43. The third kappa shape index (κ3) is 7.23. The summed E-state index contributed by atoms with van der Waals surface area (Å²) in [5, 5.41) is 11.5. The maximum absolute atomic E-state index is 11.5. The molecule has 0 saturated heterocycles. The molecule has 0 radical (unpaired) electrons. The van der Waals surface area contributed by atoms with E-state index in [1.165, 1.54) is 11.8 Å². The zero-order valence-corrected chi connectivity index (χ0v) is 11.4. The lowest BCUT2D eigenvalue weighted by atomic mass is 9.99. The SMILES string of the molecule is CC[C@@H](C)[C@@H](NC(=O)CSCCOC)C(=O)O. The number of carboxylic acid groups (broad SMARTS) is 1. The maximum atomic E-state index is 11.5. The highest BCUT2D eigenvalue weighted by Gasteiger charge is 2.24. The van der Waals surface area contributed by atoms with Gasteiger partial charge >= 0.3 is 5.97 Å². The molecule has 0 aromatic rings. The van der Waals surface area contributed by atoms with E-state index in [4.69, 9.17) is 9.84 Å². The molecule has 2 atom stereocenters. The first-order valence-corrected chi connectivity index (χ1v) is 6.77. The van der Waals surface area contributed by atoms with Gasteiger partial charge in [0.2, 0.25) is 5.91 Å². The van der Waals surface area contributed by atoms with E-state index >= 15 is 0 Å². The zero-order valence-electron chi connectivity index (χ0n) is 10.6. The Kier molecular flexibility index (Phi) is 8.89. The van der Waals surface area contributed by atoms with Gasteiger partial charge in [0.1, 0.15) is 6.04 Å². The highest BCUT2D eigenvalue weighted by atomic mass is 32.2. The van der Waals surface area contributed by atoms with E-state index in [-0.39, 0.29) is 17.6 Å².